The lowest BCUT2D eigenvalue weighted by molar-refractivity contribution is 0.102. The van der Waals surface area contributed by atoms with Gasteiger partial charge in [0.25, 0.3) is 5.91 Å². The van der Waals surface area contributed by atoms with E-state index in [2.05, 4.69) is 24.3 Å². The highest BCUT2D eigenvalue weighted by atomic mass is 16.5. The van der Waals surface area contributed by atoms with Gasteiger partial charge < -0.3 is 10.1 Å². The molecule has 0 bridgehead atoms. The smallest absolute Gasteiger partial charge is 0.276 e. The number of rotatable bonds is 3. The number of carbonyl (C=O) groups is 1. The van der Waals surface area contributed by atoms with Crippen LogP contribution in [0.3, 0.4) is 0 Å². The third-order valence-corrected chi connectivity index (χ3v) is 3.58. The van der Waals surface area contributed by atoms with Gasteiger partial charge in [-0.3, -0.25) is 4.79 Å². The summed E-state index contributed by atoms with van der Waals surface area (Å²) < 4.78 is 7.20. The first-order valence-corrected chi connectivity index (χ1v) is 7.25. The van der Waals surface area contributed by atoms with E-state index >= 15 is 0 Å². The lowest BCUT2D eigenvalue weighted by atomic mass is 10.0. The first-order chi connectivity index (χ1) is 10.1. The fraction of sp³-hybridized carbons (Fsp3) is 0.375. The molecular formula is C16H19N3O2. The van der Waals surface area contributed by atoms with Crippen LogP contribution in [0.5, 0.6) is 5.88 Å². The Hall–Kier alpha value is -2.30. The van der Waals surface area contributed by atoms with Crippen LogP contribution < -0.4 is 10.1 Å². The summed E-state index contributed by atoms with van der Waals surface area (Å²) in [5.74, 6) is 0.936. The number of fused-ring (bicyclic) bond motifs is 1. The van der Waals surface area contributed by atoms with Crippen molar-refractivity contribution in [3.63, 3.8) is 0 Å². The predicted octanol–water partition coefficient (Wildman–Crippen LogP) is 3.04. The van der Waals surface area contributed by atoms with E-state index in [4.69, 9.17) is 4.74 Å². The summed E-state index contributed by atoms with van der Waals surface area (Å²) in [6, 6.07) is 9.58. The van der Waals surface area contributed by atoms with Crippen LogP contribution in [0.15, 0.2) is 30.3 Å². The van der Waals surface area contributed by atoms with Gasteiger partial charge in [0.2, 0.25) is 5.88 Å². The molecule has 0 aliphatic carbocycles. The zero-order valence-corrected chi connectivity index (χ0v) is 12.3. The molecule has 2 aromatic rings. The van der Waals surface area contributed by atoms with Gasteiger partial charge in [0.1, 0.15) is 0 Å². The number of hydrogen-bond acceptors (Lipinski definition) is 3. The topological polar surface area (TPSA) is 56.2 Å². The van der Waals surface area contributed by atoms with E-state index in [9.17, 15) is 4.79 Å². The summed E-state index contributed by atoms with van der Waals surface area (Å²) in [5.41, 5.74) is 2.41. The summed E-state index contributed by atoms with van der Waals surface area (Å²) in [5, 5.41) is 7.14. The van der Waals surface area contributed by atoms with Gasteiger partial charge in [-0.15, -0.1) is 0 Å². The quantitative estimate of drug-likeness (QED) is 0.943. The molecule has 1 aromatic heterocycles. The average Bonchev–Trinajstić information content (AvgIpc) is 2.92. The summed E-state index contributed by atoms with van der Waals surface area (Å²) in [7, 11) is 0. The predicted molar refractivity (Wildman–Crippen MR) is 80.8 cm³/mol. The third kappa shape index (κ3) is 2.91. The highest BCUT2D eigenvalue weighted by molar-refractivity contribution is 6.03. The average molecular weight is 285 g/mol. The molecule has 3 rings (SSSR count). The van der Waals surface area contributed by atoms with Gasteiger partial charge in [0.15, 0.2) is 5.69 Å². The molecule has 0 spiro atoms. The van der Waals surface area contributed by atoms with Gasteiger partial charge in [-0.1, -0.05) is 26.0 Å². The maximum atomic E-state index is 12.2. The molecule has 1 aliphatic heterocycles. The fourth-order valence-corrected chi connectivity index (χ4v) is 2.32. The lowest BCUT2D eigenvalue weighted by Crippen LogP contribution is -2.16. The minimum absolute atomic E-state index is 0.210. The number of hydrogen-bond donors (Lipinski definition) is 1. The van der Waals surface area contributed by atoms with Crippen LogP contribution in [0, 0.1) is 0 Å². The Bertz CT molecular complexity index is 621. The summed E-state index contributed by atoms with van der Waals surface area (Å²) in [6.07, 6.45) is 0.923. The fourth-order valence-electron chi connectivity index (χ4n) is 2.32. The van der Waals surface area contributed by atoms with Crippen molar-refractivity contribution >= 4 is 11.6 Å². The van der Waals surface area contributed by atoms with Crippen molar-refractivity contribution in [1.82, 2.24) is 9.78 Å². The molecule has 1 aliphatic rings. The SMILES string of the molecule is CC(C)c1ccc(NC(=O)c2cc3n(n2)CCCO3)cc1. The van der Waals surface area contributed by atoms with Crippen LogP contribution in [-0.2, 0) is 6.54 Å². The maximum absolute atomic E-state index is 12.2. The van der Waals surface area contributed by atoms with E-state index in [1.807, 2.05) is 24.3 Å². The van der Waals surface area contributed by atoms with Gasteiger partial charge in [-0.05, 0) is 23.6 Å². The van der Waals surface area contributed by atoms with Crippen LogP contribution in [0.2, 0.25) is 0 Å². The number of aromatic nitrogens is 2. The molecule has 0 radical (unpaired) electrons. The van der Waals surface area contributed by atoms with Crippen LogP contribution in [-0.4, -0.2) is 22.3 Å². The summed E-state index contributed by atoms with van der Waals surface area (Å²) in [6.45, 7) is 5.77. The zero-order valence-electron chi connectivity index (χ0n) is 12.3. The van der Waals surface area contributed by atoms with Crippen LogP contribution in [0.25, 0.3) is 0 Å². The van der Waals surface area contributed by atoms with Crippen LogP contribution in [0.4, 0.5) is 5.69 Å². The molecule has 0 unspecified atom stereocenters. The van der Waals surface area contributed by atoms with Gasteiger partial charge in [-0.2, -0.15) is 5.10 Å². The van der Waals surface area contributed by atoms with E-state index in [1.54, 1.807) is 10.7 Å². The van der Waals surface area contributed by atoms with Gasteiger partial charge in [0.05, 0.1) is 6.61 Å². The number of anilines is 1. The molecule has 1 N–H and O–H groups in total. The third-order valence-electron chi connectivity index (χ3n) is 3.58. The standard InChI is InChI=1S/C16H19N3O2/c1-11(2)12-4-6-13(7-5-12)17-16(20)14-10-15-19(18-14)8-3-9-21-15/h4-7,10-11H,3,8-9H2,1-2H3,(H,17,20). The Morgan fingerprint density at radius 2 is 2.10 bits per heavy atom. The molecule has 0 atom stereocenters. The number of benzene rings is 1. The molecule has 1 amide bonds. The molecule has 2 heterocycles. The van der Waals surface area contributed by atoms with Gasteiger partial charge >= 0.3 is 0 Å². The minimum Gasteiger partial charge on any atom is -0.478 e. The molecule has 1 aromatic carbocycles. The maximum Gasteiger partial charge on any atom is 0.276 e. The Morgan fingerprint density at radius 1 is 1.33 bits per heavy atom. The van der Waals surface area contributed by atoms with Crippen molar-refractivity contribution in [1.29, 1.82) is 0 Å². The Labute approximate surface area is 123 Å². The van der Waals surface area contributed by atoms with Crippen LogP contribution in [0.1, 0.15) is 42.2 Å². The number of aryl methyl sites for hydroxylation is 1. The van der Waals surface area contributed by atoms with Crippen LogP contribution >= 0.6 is 0 Å². The van der Waals surface area contributed by atoms with Gasteiger partial charge in [-0.25, -0.2) is 4.68 Å². The van der Waals surface area contributed by atoms with E-state index in [1.165, 1.54) is 5.56 Å². The van der Waals surface area contributed by atoms with E-state index in [0.717, 1.165) is 18.7 Å². The van der Waals surface area contributed by atoms with Crippen molar-refractivity contribution in [2.45, 2.75) is 32.7 Å². The van der Waals surface area contributed by atoms with Gasteiger partial charge in [0, 0.05) is 24.7 Å². The molecule has 0 saturated carbocycles. The van der Waals surface area contributed by atoms with Crippen molar-refractivity contribution in [3.8, 4) is 5.88 Å². The molecule has 0 saturated heterocycles. The summed E-state index contributed by atoms with van der Waals surface area (Å²) >= 11 is 0. The number of carbonyl (C=O) groups excluding carboxylic acids is 1. The highest BCUT2D eigenvalue weighted by Crippen LogP contribution is 2.20. The van der Waals surface area contributed by atoms with E-state index in [-0.39, 0.29) is 5.91 Å². The lowest BCUT2D eigenvalue weighted by Gasteiger charge is -2.13. The largest absolute Gasteiger partial charge is 0.478 e. The second-order valence-electron chi connectivity index (χ2n) is 5.52. The van der Waals surface area contributed by atoms with E-state index in [0.29, 0.717) is 24.1 Å². The van der Waals surface area contributed by atoms with Crippen molar-refractivity contribution in [2.24, 2.45) is 0 Å². The zero-order chi connectivity index (χ0) is 14.8. The van der Waals surface area contributed by atoms with E-state index < -0.39 is 0 Å². The number of amides is 1. The van der Waals surface area contributed by atoms with Crippen molar-refractivity contribution in [2.75, 3.05) is 11.9 Å². The molecule has 21 heavy (non-hydrogen) atoms. The molecular weight excluding hydrogens is 266 g/mol. The number of nitrogens with zero attached hydrogens (tertiary/aromatic N) is 2. The normalized spacial score (nSPS) is 13.7. The minimum atomic E-state index is -0.210. The molecule has 0 fully saturated rings. The van der Waals surface area contributed by atoms with Crippen molar-refractivity contribution in [3.05, 3.63) is 41.6 Å². The first-order valence-electron chi connectivity index (χ1n) is 7.25. The Morgan fingerprint density at radius 3 is 2.76 bits per heavy atom. The number of nitrogens with one attached hydrogen (secondary N) is 1. The molecule has 5 heteroatoms. The monoisotopic (exact) mass is 285 g/mol. The second-order valence-corrected chi connectivity index (χ2v) is 5.52. The molecule has 5 nitrogen and oxygen atoms in total. The molecule has 110 valence electrons. The highest BCUT2D eigenvalue weighted by Gasteiger charge is 2.17. The second kappa shape index (κ2) is 5.60. The first kappa shape index (κ1) is 13.7. The Balaban J connectivity index is 1.72. The Kier molecular flexibility index (Phi) is 3.64. The number of ether oxygens (including phenoxy) is 1. The summed E-state index contributed by atoms with van der Waals surface area (Å²) in [4.78, 5) is 12.2. The van der Waals surface area contributed by atoms with Crippen molar-refractivity contribution < 1.29 is 9.53 Å².